The summed E-state index contributed by atoms with van der Waals surface area (Å²) in [4.78, 5) is 27.5. The minimum absolute atomic E-state index is 0.0755. The van der Waals surface area contributed by atoms with E-state index in [0.717, 1.165) is 22.6 Å². The lowest BCUT2D eigenvalue weighted by atomic mass is 10.1. The number of aliphatic hydroxyl groups is 1. The van der Waals surface area contributed by atoms with Crippen molar-refractivity contribution in [2.45, 2.75) is 6.92 Å². The molecule has 0 atom stereocenters. The zero-order valence-corrected chi connectivity index (χ0v) is 21.5. The lowest BCUT2D eigenvalue weighted by molar-refractivity contribution is 0.102. The zero-order valence-electron chi connectivity index (χ0n) is 19.9. The molecule has 0 saturated carbocycles. The second kappa shape index (κ2) is 12.4. The standard InChI is InChI=1S/C28H26ClFN2O3S/c1-4-23-25(17-18(2)30)36-27(26(23)29)28(35)31-21-10-8-20(9-11-21)24(34)14-7-19-5-12-22(13-6-19)32(3)15-16-33/h4-14,17,33H,2,15-16H2,1,3H3,(H,31,35)/b14-7+,23-4+,25-17+. The number of allylic oxidation sites excluding steroid dienone is 2. The first-order chi connectivity index (χ1) is 17.2. The summed E-state index contributed by atoms with van der Waals surface area (Å²) in [7, 11) is 1.90. The van der Waals surface area contributed by atoms with Crippen molar-refractivity contribution in [2.75, 3.05) is 30.4 Å². The van der Waals surface area contributed by atoms with Gasteiger partial charge in [0.2, 0.25) is 0 Å². The number of hydrogen-bond acceptors (Lipinski definition) is 5. The Balaban J connectivity index is 1.68. The lowest BCUT2D eigenvalue weighted by Gasteiger charge is -2.17. The fourth-order valence-corrected chi connectivity index (χ4v) is 4.95. The number of carbonyl (C=O) groups excluding carboxylic acids is 2. The SMILES string of the molecule is C=C(F)/C=c1/sc(C(=O)Nc2ccc(C(=O)/C=C/c3ccc(N(C)CCO)cc3)cc2)c(Cl)/c1=C/C. The second-order valence-electron chi connectivity index (χ2n) is 7.87. The first kappa shape index (κ1) is 27.1. The van der Waals surface area contributed by atoms with E-state index in [1.165, 1.54) is 12.2 Å². The number of rotatable bonds is 9. The molecule has 0 unspecified atom stereocenters. The van der Waals surface area contributed by atoms with E-state index in [-0.39, 0.29) is 22.3 Å². The molecule has 5 nitrogen and oxygen atoms in total. The van der Waals surface area contributed by atoms with E-state index in [2.05, 4.69) is 11.9 Å². The maximum atomic E-state index is 13.3. The van der Waals surface area contributed by atoms with Crippen molar-refractivity contribution in [2.24, 2.45) is 0 Å². The van der Waals surface area contributed by atoms with Crippen LogP contribution in [0.4, 0.5) is 15.8 Å². The van der Waals surface area contributed by atoms with E-state index in [9.17, 15) is 14.0 Å². The molecule has 0 radical (unpaired) electrons. The molecular weight excluding hydrogens is 499 g/mol. The van der Waals surface area contributed by atoms with Gasteiger partial charge in [-0.25, -0.2) is 4.39 Å². The van der Waals surface area contributed by atoms with Crippen molar-refractivity contribution in [3.63, 3.8) is 0 Å². The summed E-state index contributed by atoms with van der Waals surface area (Å²) < 4.78 is 13.8. The number of likely N-dealkylation sites (N-methyl/N-ethyl adjacent to an activating group) is 1. The van der Waals surface area contributed by atoms with E-state index < -0.39 is 11.7 Å². The molecule has 0 saturated heterocycles. The molecule has 0 fully saturated rings. The van der Waals surface area contributed by atoms with Crippen LogP contribution in [-0.2, 0) is 0 Å². The minimum atomic E-state index is -0.625. The molecule has 2 aromatic carbocycles. The minimum Gasteiger partial charge on any atom is -0.395 e. The number of carbonyl (C=O) groups is 2. The number of amides is 1. The molecule has 3 rings (SSSR count). The average molecular weight is 525 g/mol. The highest BCUT2D eigenvalue weighted by Gasteiger charge is 2.16. The van der Waals surface area contributed by atoms with Crippen LogP contribution in [0.3, 0.4) is 0 Å². The number of nitrogens with zero attached hydrogens (tertiary/aromatic N) is 1. The third kappa shape index (κ3) is 6.79. The number of thiophene rings is 1. The Bertz CT molecular complexity index is 1410. The van der Waals surface area contributed by atoms with Crippen LogP contribution in [-0.4, -0.2) is 37.0 Å². The zero-order chi connectivity index (χ0) is 26.2. The highest BCUT2D eigenvalue weighted by molar-refractivity contribution is 7.12. The van der Waals surface area contributed by atoms with Crippen molar-refractivity contribution in [3.8, 4) is 0 Å². The third-order valence-electron chi connectivity index (χ3n) is 5.32. The van der Waals surface area contributed by atoms with Gasteiger partial charge in [0.25, 0.3) is 5.91 Å². The van der Waals surface area contributed by atoms with Crippen LogP contribution in [0, 0.1) is 0 Å². The highest BCUT2D eigenvalue weighted by atomic mass is 35.5. The van der Waals surface area contributed by atoms with Gasteiger partial charge >= 0.3 is 0 Å². The molecule has 0 bridgehead atoms. The van der Waals surface area contributed by atoms with Crippen LogP contribution in [0.1, 0.15) is 32.5 Å². The summed E-state index contributed by atoms with van der Waals surface area (Å²) in [6.07, 6.45) is 6.17. The smallest absolute Gasteiger partial charge is 0.267 e. The molecule has 1 heterocycles. The highest BCUT2D eigenvalue weighted by Crippen LogP contribution is 2.19. The molecular formula is C28H26ClFN2O3S. The van der Waals surface area contributed by atoms with E-state index in [1.807, 2.05) is 36.2 Å². The Hall–Kier alpha value is -3.52. The predicted octanol–water partition coefficient (Wildman–Crippen LogP) is 5.04. The van der Waals surface area contributed by atoms with Crippen molar-refractivity contribution >= 4 is 64.2 Å². The fourth-order valence-electron chi connectivity index (χ4n) is 3.40. The summed E-state index contributed by atoms with van der Waals surface area (Å²) in [5, 5.41) is 12.6. The molecule has 1 amide bonds. The van der Waals surface area contributed by atoms with Gasteiger partial charge in [0.15, 0.2) is 5.78 Å². The number of hydrogen-bond donors (Lipinski definition) is 2. The third-order valence-corrected chi connectivity index (χ3v) is 6.98. The van der Waals surface area contributed by atoms with E-state index in [4.69, 9.17) is 16.7 Å². The number of benzene rings is 2. The Labute approximate surface area is 218 Å². The van der Waals surface area contributed by atoms with E-state index in [0.29, 0.717) is 27.5 Å². The number of nitrogens with one attached hydrogen (secondary N) is 1. The van der Waals surface area contributed by atoms with Gasteiger partial charge in [0, 0.05) is 40.3 Å². The quantitative estimate of drug-likeness (QED) is 0.304. The van der Waals surface area contributed by atoms with Gasteiger partial charge < -0.3 is 15.3 Å². The molecule has 36 heavy (non-hydrogen) atoms. The Kier molecular flexibility index (Phi) is 9.36. The van der Waals surface area contributed by atoms with E-state index >= 15 is 0 Å². The Morgan fingerprint density at radius 3 is 2.42 bits per heavy atom. The van der Waals surface area contributed by atoms with Gasteiger partial charge in [0.1, 0.15) is 10.7 Å². The number of ketones is 1. The summed E-state index contributed by atoms with van der Waals surface area (Å²) in [6.45, 7) is 5.60. The Morgan fingerprint density at radius 2 is 1.83 bits per heavy atom. The normalized spacial score (nSPS) is 12.2. The van der Waals surface area contributed by atoms with Gasteiger partial charge in [-0.15, -0.1) is 11.3 Å². The van der Waals surface area contributed by atoms with Crippen LogP contribution in [0.5, 0.6) is 0 Å². The lowest BCUT2D eigenvalue weighted by Crippen LogP contribution is -2.20. The number of anilines is 2. The molecule has 0 spiro atoms. The predicted molar refractivity (Wildman–Crippen MR) is 148 cm³/mol. The van der Waals surface area contributed by atoms with Gasteiger partial charge in [-0.3, -0.25) is 9.59 Å². The first-order valence-corrected chi connectivity index (χ1v) is 12.3. The monoisotopic (exact) mass is 524 g/mol. The molecule has 8 heteroatoms. The number of aliphatic hydroxyl groups excluding tert-OH is 1. The molecule has 0 aliphatic rings. The summed E-state index contributed by atoms with van der Waals surface area (Å²) in [5.74, 6) is -1.23. The molecule has 186 valence electrons. The van der Waals surface area contributed by atoms with E-state index in [1.54, 1.807) is 43.3 Å². The van der Waals surface area contributed by atoms with Crippen molar-refractivity contribution < 1.29 is 19.1 Å². The number of halogens is 2. The topological polar surface area (TPSA) is 69.6 Å². The summed E-state index contributed by atoms with van der Waals surface area (Å²) >= 11 is 7.42. The summed E-state index contributed by atoms with van der Waals surface area (Å²) in [6, 6.07) is 14.2. The van der Waals surface area contributed by atoms with Gasteiger partial charge in [-0.1, -0.05) is 42.5 Å². The van der Waals surface area contributed by atoms with Crippen LogP contribution in [0.15, 0.2) is 67.0 Å². The van der Waals surface area contributed by atoms with Gasteiger partial charge in [-0.05, 0) is 61.0 Å². The fraction of sp³-hybridized carbons (Fsp3) is 0.143. The van der Waals surface area contributed by atoms with Crippen LogP contribution in [0.25, 0.3) is 18.2 Å². The van der Waals surface area contributed by atoms with Crippen LogP contribution in [0.2, 0.25) is 5.02 Å². The average Bonchev–Trinajstić information content (AvgIpc) is 3.17. The van der Waals surface area contributed by atoms with Crippen LogP contribution >= 0.6 is 22.9 Å². The maximum Gasteiger partial charge on any atom is 0.267 e. The van der Waals surface area contributed by atoms with Crippen molar-refractivity contribution in [1.29, 1.82) is 0 Å². The molecule has 1 aromatic heterocycles. The maximum absolute atomic E-state index is 13.3. The molecule has 0 aliphatic heterocycles. The van der Waals surface area contributed by atoms with Gasteiger partial charge in [-0.2, -0.15) is 0 Å². The largest absolute Gasteiger partial charge is 0.395 e. The van der Waals surface area contributed by atoms with Crippen LogP contribution < -0.4 is 20.0 Å². The summed E-state index contributed by atoms with van der Waals surface area (Å²) in [5.41, 5.74) is 2.81. The van der Waals surface area contributed by atoms with Crippen molar-refractivity contribution in [3.05, 3.63) is 97.8 Å². The van der Waals surface area contributed by atoms with Crippen molar-refractivity contribution in [1.82, 2.24) is 0 Å². The molecule has 3 aromatic rings. The first-order valence-electron chi connectivity index (χ1n) is 11.1. The second-order valence-corrected chi connectivity index (χ2v) is 9.30. The molecule has 0 aliphatic carbocycles. The Morgan fingerprint density at radius 1 is 1.17 bits per heavy atom. The molecule has 2 N–H and O–H groups in total. The van der Waals surface area contributed by atoms with Gasteiger partial charge in [0.05, 0.1) is 11.6 Å².